The first-order valence-corrected chi connectivity index (χ1v) is 6.81. The molecular weight excluding hydrogens is 247 g/mol. The number of rotatable bonds is 2. The molecule has 1 aromatic carbocycles. The summed E-state index contributed by atoms with van der Waals surface area (Å²) in [7, 11) is -3.30. The van der Waals surface area contributed by atoms with Crippen LogP contribution in [0.5, 0.6) is 0 Å². The van der Waals surface area contributed by atoms with Gasteiger partial charge in [-0.25, -0.2) is 17.6 Å². The monoisotopic (exact) mass is 256 g/mol. The SMILES string of the molecule is CS(=O)(=O)Cc1cc(=O)oc2ccc(F)cc12. The van der Waals surface area contributed by atoms with E-state index in [1.807, 2.05) is 0 Å². The maximum Gasteiger partial charge on any atom is 0.336 e. The molecule has 2 rings (SSSR count). The normalized spacial score (nSPS) is 11.9. The molecule has 0 unspecified atom stereocenters. The van der Waals surface area contributed by atoms with Crippen molar-refractivity contribution in [3.8, 4) is 0 Å². The standard InChI is InChI=1S/C11H9FO4S/c1-17(14,15)6-7-4-11(13)16-10-3-2-8(12)5-9(7)10/h2-5H,6H2,1H3. The Kier molecular flexibility index (Phi) is 2.74. The molecule has 0 aliphatic heterocycles. The van der Waals surface area contributed by atoms with Crippen LogP contribution in [0.15, 0.2) is 33.5 Å². The number of benzene rings is 1. The Morgan fingerprint density at radius 3 is 2.65 bits per heavy atom. The predicted octanol–water partition coefficient (Wildman–Crippen LogP) is 1.48. The quantitative estimate of drug-likeness (QED) is 0.763. The van der Waals surface area contributed by atoms with Gasteiger partial charge < -0.3 is 4.42 Å². The Bertz CT molecular complexity index is 731. The number of halogens is 1. The van der Waals surface area contributed by atoms with E-state index in [9.17, 15) is 17.6 Å². The van der Waals surface area contributed by atoms with Gasteiger partial charge in [0, 0.05) is 17.7 Å². The third-order valence-corrected chi connectivity index (χ3v) is 3.04. The van der Waals surface area contributed by atoms with E-state index in [0.29, 0.717) is 5.39 Å². The predicted molar refractivity (Wildman–Crippen MR) is 61.0 cm³/mol. The summed E-state index contributed by atoms with van der Waals surface area (Å²) in [5.74, 6) is -0.834. The summed E-state index contributed by atoms with van der Waals surface area (Å²) < 4.78 is 40.4. The molecule has 0 spiro atoms. The van der Waals surface area contributed by atoms with Gasteiger partial charge in [0.25, 0.3) is 0 Å². The van der Waals surface area contributed by atoms with Crippen molar-refractivity contribution in [2.45, 2.75) is 5.75 Å². The van der Waals surface area contributed by atoms with Crippen LogP contribution in [-0.2, 0) is 15.6 Å². The Labute approximate surface area is 96.6 Å². The second-order valence-corrected chi connectivity index (χ2v) is 5.94. The first kappa shape index (κ1) is 11.8. The summed E-state index contributed by atoms with van der Waals surface area (Å²) in [5.41, 5.74) is -0.224. The van der Waals surface area contributed by atoms with E-state index in [1.54, 1.807) is 0 Å². The summed E-state index contributed by atoms with van der Waals surface area (Å²) in [6.45, 7) is 0. The molecule has 0 saturated carbocycles. The summed E-state index contributed by atoms with van der Waals surface area (Å²) in [4.78, 5) is 11.2. The lowest BCUT2D eigenvalue weighted by Gasteiger charge is -2.03. The molecule has 6 heteroatoms. The van der Waals surface area contributed by atoms with Crippen molar-refractivity contribution in [1.82, 2.24) is 0 Å². The van der Waals surface area contributed by atoms with Gasteiger partial charge in [-0.05, 0) is 23.8 Å². The molecule has 0 N–H and O–H groups in total. The lowest BCUT2D eigenvalue weighted by molar-refractivity contribution is 0.556. The molecule has 1 aromatic heterocycles. The molecule has 90 valence electrons. The van der Waals surface area contributed by atoms with Crippen molar-refractivity contribution in [3.63, 3.8) is 0 Å². The zero-order chi connectivity index (χ0) is 12.6. The van der Waals surface area contributed by atoms with Crippen LogP contribution in [0.3, 0.4) is 0 Å². The average Bonchev–Trinajstić information content (AvgIpc) is 2.16. The highest BCUT2D eigenvalue weighted by molar-refractivity contribution is 7.89. The fourth-order valence-electron chi connectivity index (χ4n) is 1.60. The van der Waals surface area contributed by atoms with Crippen molar-refractivity contribution in [2.75, 3.05) is 6.26 Å². The number of sulfone groups is 1. The van der Waals surface area contributed by atoms with Crippen LogP contribution >= 0.6 is 0 Å². The lowest BCUT2D eigenvalue weighted by atomic mass is 10.1. The topological polar surface area (TPSA) is 64.3 Å². The van der Waals surface area contributed by atoms with Crippen molar-refractivity contribution < 1.29 is 17.2 Å². The third-order valence-electron chi connectivity index (χ3n) is 2.21. The van der Waals surface area contributed by atoms with E-state index in [-0.39, 0.29) is 16.9 Å². The van der Waals surface area contributed by atoms with Crippen LogP contribution in [0.4, 0.5) is 4.39 Å². The smallest absolute Gasteiger partial charge is 0.336 e. The molecular formula is C11H9FO4S. The Morgan fingerprint density at radius 1 is 1.29 bits per heavy atom. The third kappa shape index (κ3) is 2.71. The zero-order valence-electron chi connectivity index (χ0n) is 8.94. The van der Waals surface area contributed by atoms with Gasteiger partial charge in [0.05, 0.1) is 5.75 Å². The van der Waals surface area contributed by atoms with Crippen LogP contribution in [0.2, 0.25) is 0 Å². The molecule has 17 heavy (non-hydrogen) atoms. The molecule has 0 radical (unpaired) electrons. The minimum Gasteiger partial charge on any atom is -0.423 e. The molecule has 2 aromatic rings. The first-order chi connectivity index (χ1) is 7.85. The van der Waals surface area contributed by atoms with Gasteiger partial charge in [-0.2, -0.15) is 0 Å². The molecule has 0 saturated heterocycles. The van der Waals surface area contributed by atoms with Crippen LogP contribution in [0, 0.1) is 5.82 Å². The van der Waals surface area contributed by atoms with E-state index >= 15 is 0 Å². The fourth-order valence-corrected chi connectivity index (χ4v) is 2.41. The Balaban J connectivity index is 2.76. The van der Waals surface area contributed by atoms with Crippen molar-refractivity contribution in [3.05, 3.63) is 46.1 Å². The van der Waals surface area contributed by atoms with Gasteiger partial charge in [0.2, 0.25) is 0 Å². The van der Waals surface area contributed by atoms with Gasteiger partial charge >= 0.3 is 5.63 Å². The average molecular weight is 256 g/mol. The van der Waals surface area contributed by atoms with Crippen molar-refractivity contribution in [1.29, 1.82) is 0 Å². The molecule has 0 atom stereocenters. The molecule has 0 bridgehead atoms. The van der Waals surface area contributed by atoms with E-state index in [0.717, 1.165) is 24.5 Å². The Morgan fingerprint density at radius 2 is 2.00 bits per heavy atom. The van der Waals surface area contributed by atoms with E-state index < -0.39 is 21.3 Å². The number of fused-ring (bicyclic) bond motifs is 1. The van der Waals surface area contributed by atoms with Gasteiger partial charge in [0.1, 0.15) is 11.4 Å². The highest BCUT2D eigenvalue weighted by atomic mass is 32.2. The Hall–Kier alpha value is -1.69. The number of hydrogen-bond acceptors (Lipinski definition) is 4. The summed E-state index contributed by atoms with van der Waals surface area (Å²) >= 11 is 0. The molecule has 0 aliphatic rings. The van der Waals surface area contributed by atoms with E-state index in [2.05, 4.69) is 0 Å². The highest BCUT2D eigenvalue weighted by Crippen LogP contribution is 2.19. The molecule has 0 aliphatic carbocycles. The van der Waals surface area contributed by atoms with Crippen LogP contribution in [0.25, 0.3) is 11.0 Å². The minimum absolute atomic E-state index is 0.178. The largest absolute Gasteiger partial charge is 0.423 e. The van der Waals surface area contributed by atoms with E-state index in [1.165, 1.54) is 6.07 Å². The molecule has 0 fully saturated rings. The van der Waals surface area contributed by atoms with Gasteiger partial charge in [-0.3, -0.25) is 0 Å². The summed E-state index contributed by atoms with van der Waals surface area (Å²) in [6.07, 6.45) is 1.05. The number of hydrogen-bond donors (Lipinski definition) is 0. The maximum atomic E-state index is 13.1. The van der Waals surface area contributed by atoms with Gasteiger partial charge in [0.15, 0.2) is 9.84 Å². The zero-order valence-corrected chi connectivity index (χ0v) is 9.75. The fraction of sp³-hybridized carbons (Fsp3) is 0.182. The second-order valence-electron chi connectivity index (χ2n) is 3.80. The molecule has 0 amide bonds. The van der Waals surface area contributed by atoms with Crippen LogP contribution in [-0.4, -0.2) is 14.7 Å². The van der Waals surface area contributed by atoms with Crippen molar-refractivity contribution in [2.24, 2.45) is 0 Å². The van der Waals surface area contributed by atoms with Crippen LogP contribution < -0.4 is 5.63 Å². The van der Waals surface area contributed by atoms with Gasteiger partial charge in [-0.1, -0.05) is 0 Å². The van der Waals surface area contributed by atoms with Gasteiger partial charge in [-0.15, -0.1) is 0 Å². The molecule has 4 nitrogen and oxygen atoms in total. The summed E-state index contributed by atoms with van der Waals surface area (Å²) in [5, 5.41) is 0.301. The van der Waals surface area contributed by atoms with E-state index in [4.69, 9.17) is 4.42 Å². The minimum atomic E-state index is -3.30. The maximum absolute atomic E-state index is 13.1. The highest BCUT2D eigenvalue weighted by Gasteiger charge is 2.11. The second kappa shape index (κ2) is 3.96. The van der Waals surface area contributed by atoms with Crippen LogP contribution in [0.1, 0.15) is 5.56 Å². The van der Waals surface area contributed by atoms with Crippen molar-refractivity contribution >= 4 is 20.8 Å². The molecule has 1 heterocycles. The lowest BCUT2D eigenvalue weighted by Crippen LogP contribution is -2.06. The first-order valence-electron chi connectivity index (χ1n) is 4.75. The summed E-state index contributed by atoms with van der Waals surface area (Å²) in [6, 6.07) is 4.68.